The first kappa shape index (κ1) is 16.4. The molecule has 0 saturated carbocycles. The minimum atomic E-state index is -0.620. The predicted octanol–water partition coefficient (Wildman–Crippen LogP) is 3.50. The van der Waals surface area contributed by atoms with Crippen molar-refractivity contribution in [2.45, 2.75) is 32.7 Å². The summed E-state index contributed by atoms with van der Waals surface area (Å²) < 4.78 is 19.2. The van der Waals surface area contributed by atoms with Gasteiger partial charge >= 0.3 is 5.97 Å². The number of halogens is 1. The maximum Gasteiger partial charge on any atom is 0.348 e. The molecule has 0 bridgehead atoms. The van der Waals surface area contributed by atoms with Crippen LogP contribution in [0.3, 0.4) is 0 Å². The topological polar surface area (TPSA) is 55.4 Å². The molecule has 0 spiro atoms. The van der Waals surface area contributed by atoms with E-state index in [1.807, 2.05) is 20.8 Å². The van der Waals surface area contributed by atoms with Crippen LogP contribution in [0.1, 0.15) is 36.9 Å². The van der Waals surface area contributed by atoms with Crippen molar-refractivity contribution in [1.82, 2.24) is 5.32 Å². The van der Waals surface area contributed by atoms with E-state index in [9.17, 15) is 14.0 Å². The quantitative estimate of drug-likeness (QED) is 0.857. The van der Waals surface area contributed by atoms with Crippen LogP contribution in [-0.2, 0) is 9.53 Å². The second kappa shape index (κ2) is 6.44. The number of carbonyl (C=O) groups excluding carboxylic acids is 2. The number of thiophene rings is 1. The number of carbonyl (C=O) groups is 2. The van der Waals surface area contributed by atoms with E-state index in [0.717, 1.165) is 17.8 Å². The van der Waals surface area contributed by atoms with Gasteiger partial charge in [-0.15, -0.1) is 11.3 Å². The number of amides is 1. The highest BCUT2D eigenvalue weighted by Crippen LogP contribution is 2.28. The van der Waals surface area contributed by atoms with E-state index in [2.05, 4.69) is 5.32 Å². The molecule has 22 heavy (non-hydrogen) atoms. The van der Waals surface area contributed by atoms with Gasteiger partial charge in [0.15, 0.2) is 6.61 Å². The van der Waals surface area contributed by atoms with Crippen molar-refractivity contribution in [3.8, 4) is 0 Å². The fourth-order valence-corrected chi connectivity index (χ4v) is 2.80. The molecule has 0 aliphatic heterocycles. The van der Waals surface area contributed by atoms with E-state index >= 15 is 0 Å². The largest absolute Gasteiger partial charge is 0.451 e. The Bertz CT molecular complexity index is 708. The van der Waals surface area contributed by atoms with Crippen LogP contribution in [-0.4, -0.2) is 24.0 Å². The second-order valence-electron chi connectivity index (χ2n) is 5.62. The Morgan fingerprint density at radius 2 is 2.09 bits per heavy atom. The number of rotatable bonds is 5. The third kappa shape index (κ3) is 3.82. The zero-order chi connectivity index (χ0) is 16.3. The van der Waals surface area contributed by atoms with Crippen molar-refractivity contribution >= 4 is 33.3 Å². The number of ether oxygens (including phenoxy) is 1. The Hall–Kier alpha value is -1.95. The molecule has 0 saturated heterocycles. The van der Waals surface area contributed by atoms with Gasteiger partial charge in [0.2, 0.25) is 0 Å². The van der Waals surface area contributed by atoms with Crippen molar-refractivity contribution in [2.75, 3.05) is 6.61 Å². The van der Waals surface area contributed by atoms with E-state index in [4.69, 9.17) is 4.74 Å². The predicted molar refractivity (Wildman–Crippen MR) is 84.6 cm³/mol. The van der Waals surface area contributed by atoms with Crippen molar-refractivity contribution in [2.24, 2.45) is 0 Å². The third-order valence-corrected chi connectivity index (χ3v) is 4.49. The minimum absolute atomic E-state index is 0.280. The maximum atomic E-state index is 13.6. The smallest absolute Gasteiger partial charge is 0.348 e. The van der Waals surface area contributed by atoms with Gasteiger partial charge in [0, 0.05) is 15.6 Å². The summed E-state index contributed by atoms with van der Waals surface area (Å²) in [4.78, 5) is 24.0. The van der Waals surface area contributed by atoms with Gasteiger partial charge in [-0.05, 0) is 38.5 Å². The molecule has 1 aromatic carbocycles. The van der Waals surface area contributed by atoms with Gasteiger partial charge in [-0.1, -0.05) is 13.0 Å². The monoisotopic (exact) mass is 323 g/mol. The van der Waals surface area contributed by atoms with E-state index in [0.29, 0.717) is 10.1 Å². The van der Waals surface area contributed by atoms with E-state index in [1.54, 1.807) is 12.1 Å². The van der Waals surface area contributed by atoms with Gasteiger partial charge in [0.25, 0.3) is 5.91 Å². The van der Waals surface area contributed by atoms with Crippen LogP contribution in [0.2, 0.25) is 0 Å². The lowest BCUT2D eigenvalue weighted by molar-refractivity contribution is -0.125. The van der Waals surface area contributed by atoms with Gasteiger partial charge in [-0.25, -0.2) is 9.18 Å². The van der Waals surface area contributed by atoms with Crippen molar-refractivity contribution < 1.29 is 18.7 Å². The Balaban J connectivity index is 2.00. The molecule has 1 aromatic heterocycles. The molecule has 1 N–H and O–H groups in total. The highest BCUT2D eigenvalue weighted by atomic mass is 32.1. The van der Waals surface area contributed by atoms with Gasteiger partial charge in [-0.2, -0.15) is 0 Å². The first-order valence-corrected chi connectivity index (χ1v) is 7.80. The summed E-state index contributed by atoms with van der Waals surface area (Å²) >= 11 is 1.14. The fourth-order valence-electron chi connectivity index (χ4n) is 1.83. The second-order valence-corrected chi connectivity index (χ2v) is 6.71. The van der Waals surface area contributed by atoms with Crippen LogP contribution in [0.15, 0.2) is 24.3 Å². The highest BCUT2D eigenvalue weighted by Gasteiger charge is 2.20. The van der Waals surface area contributed by atoms with E-state index in [-0.39, 0.29) is 28.7 Å². The standard InChI is InChI=1S/C16H18FNO3S/c1-4-16(2,3)18-14(19)9-21-15(20)13-8-10-11(17)6-5-7-12(10)22-13/h5-8H,4,9H2,1-3H3,(H,18,19). The molecule has 0 radical (unpaired) electrons. The average Bonchev–Trinajstić information content (AvgIpc) is 2.90. The van der Waals surface area contributed by atoms with Crippen molar-refractivity contribution in [1.29, 1.82) is 0 Å². The molecule has 6 heteroatoms. The number of fused-ring (bicyclic) bond motifs is 1. The number of benzene rings is 1. The summed E-state index contributed by atoms with van der Waals surface area (Å²) in [6, 6.07) is 6.11. The first-order chi connectivity index (χ1) is 10.3. The highest BCUT2D eigenvalue weighted by molar-refractivity contribution is 7.20. The number of hydrogen-bond acceptors (Lipinski definition) is 4. The van der Waals surface area contributed by atoms with Crippen LogP contribution in [0, 0.1) is 5.82 Å². The van der Waals surface area contributed by atoms with Crippen LogP contribution in [0.25, 0.3) is 10.1 Å². The molecule has 0 fully saturated rings. The Morgan fingerprint density at radius 1 is 1.36 bits per heavy atom. The van der Waals surface area contributed by atoms with Crippen LogP contribution < -0.4 is 5.32 Å². The van der Waals surface area contributed by atoms with Crippen LogP contribution in [0.4, 0.5) is 4.39 Å². The van der Waals surface area contributed by atoms with Gasteiger partial charge < -0.3 is 10.1 Å². The summed E-state index contributed by atoms with van der Waals surface area (Å²) in [5.41, 5.74) is -0.343. The molecular weight excluding hydrogens is 305 g/mol. The lowest BCUT2D eigenvalue weighted by atomic mass is 10.0. The molecule has 1 amide bonds. The molecule has 2 rings (SSSR count). The zero-order valence-corrected chi connectivity index (χ0v) is 13.6. The minimum Gasteiger partial charge on any atom is -0.451 e. The summed E-state index contributed by atoms with van der Waals surface area (Å²) in [5.74, 6) is -1.35. The fraction of sp³-hybridized carbons (Fsp3) is 0.375. The Labute approximate surface area is 132 Å². The Kier molecular flexibility index (Phi) is 4.81. The van der Waals surface area contributed by atoms with Gasteiger partial charge in [-0.3, -0.25) is 4.79 Å². The number of nitrogens with one attached hydrogen (secondary N) is 1. The molecule has 0 unspecified atom stereocenters. The zero-order valence-electron chi connectivity index (χ0n) is 12.7. The van der Waals surface area contributed by atoms with E-state index < -0.39 is 5.97 Å². The van der Waals surface area contributed by atoms with Gasteiger partial charge in [0.05, 0.1) is 0 Å². The lowest BCUT2D eigenvalue weighted by Gasteiger charge is -2.24. The molecule has 0 atom stereocenters. The number of hydrogen-bond donors (Lipinski definition) is 1. The first-order valence-electron chi connectivity index (χ1n) is 6.98. The molecular formula is C16H18FNO3S. The van der Waals surface area contributed by atoms with Gasteiger partial charge in [0.1, 0.15) is 10.7 Å². The lowest BCUT2D eigenvalue weighted by Crippen LogP contribution is -2.44. The SMILES string of the molecule is CCC(C)(C)NC(=O)COC(=O)c1cc2c(F)cccc2s1. The third-order valence-electron chi connectivity index (χ3n) is 3.41. The summed E-state index contributed by atoms with van der Waals surface area (Å²) in [6.07, 6.45) is 0.766. The summed E-state index contributed by atoms with van der Waals surface area (Å²) in [6.45, 7) is 5.39. The van der Waals surface area contributed by atoms with Crippen molar-refractivity contribution in [3.05, 3.63) is 35.0 Å². The normalized spacial score (nSPS) is 11.5. The molecule has 0 aliphatic carbocycles. The molecule has 118 valence electrons. The van der Waals surface area contributed by atoms with Crippen molar-refractivity contribution in [3.63, 3.8) is 0 Å². The molecule has 2 aromatic rings. The number of esters is 1. The maximum absolute atomic E-state index is 13.6. The van der Waals surface area contributed by atoms with Crippen LogP contribution >= 0.6 is 11.3 Å². The summed E-state index contributed by atoms with van der Waals surface area (Å²) in [5, 5.41) is 3.16. The molecule has 1 heterocycles. The average molecular weight is 323 g/mol. The van der Waals surface area contributed by atoms with Crippen LogP contribution in [0.5, 0.6) is 0 Å². The van der Waals surface area contributed by atoms with E-state index in [1.165, 1.54) is 12.1 Å². The molecule has 4 nitrogen and oxygen atoms in total. The summed E-state index contributed by atoms with van der Waals surface area (Å²) in [7, 11) is 0. The Morgan fingerprint density at radius 3 is 2.73 bits per heavy atom. The molecule has 0 aliphatic rings.